The molecule has 108 valence electrons. The molecule has 1 aromatic rings. The molecule has 4 nitrogen and oxygen atoms in total. The van der Waals surface area contributed by atoms with E-state index in [0.29, 0.717) is 28.1 Å². The van der Waals surface area contributed by atoms with Crippen LogP contribution in [0.1, 0.15) is 38.7 Å². The third kappa shape index (κ3) is 2.35. The first-order chi connectivity index (χ1) is 9.47. The Balaban J connectivity index is 1.98. The molecule has 1 N–H and O–H groups in total. The number of rotatable bonds is 1. The van der Waals surface area contributed by atoms with Crippen LogP contribution >= 0.6 is 0 Å². The summed E-state index contributed by atoms with van der Waals surface area (Å²) in [6, 6.07) is 7.26. The molecule has 1 fully saturated rings. The fourth-order valence-electron chi connectivity index (χ4n) is 3.08. The van der Waals surface area contributed by atoms with Crippen molar-refractivity contribution in [2.75, 3.05) is 0 Å². The summed E-state index contributed by atoms with van der Waals surface area (Å²) in [5.41, 5.74) is 0.706. The molecule has 0 bridgehead atoms. The van der Waals surface area contributed by atoms with E-state index in [1.165, 1.54) is 6.42 Å². The highest BCUT2D eigenvalue weighted by atomic mass is 32.2. The number of hydrogen-bond acceptors (Lipinski definition) is 3. The number of fused-ring (bicyclic) bond motifs is 1. The minimum absolute atomic E-state index is 0.211. The number of nitrogens with zero attached hydrogens (tertiary/aromatic N) is 1. The van der Waals surface area contributed by atoms with Crippen molar-refractivity contribution in [3.05, 3.63) is 29.8 Å². The SMILES string of the molecule is C[C@@H]1CC[C@H](C)[C@H](N=C2NS(=O)(=O)c3ccccc32)C1. The Kier molecular flexibility index (Phi) is 3.32. The molecule has 0 amide bonds. The second-order valence-electron chi connectivity index (χ2n) is 6.04. The summed E-state index contributed by atoms with van der Waals surface area (Å²) < 4.78 is 26.7. The lowest BCUT2D eigenvalue weighted by Crippen LogP contribution is -2.29. The van der Waals surface area contributed by atoms with Crippen molar-refractivity contribution >= 4 is 15.9 Å². The first-order valence-corrected chi connectivity index (χ1v) is 8.65. The fraction of sp³-hybridized carbons (Fsp3) is 0.533. The van der Waals surface area contributed by atoms with Crippen molar-refractivity contribution in [2.24, 2.45) is 16.8 Å². The van der Waals surface area contributed by atoms with Crippen LogP contribution in [0.25, 0.3) is 0 Å². The largest absolute Gasteiger partial charge is 0.264 e. The third-order valence-electron chi connectivity index (χ3n) is 4.37. The van der Waals surface area contributed by atoms with Crippen molar-refractivity contribution < 1.29 is 8.42 Å². The molecular weight excluding hydrogens is 272 g/mol. The number of aliphatic imine (C=N–C) groups is 1. The Hall–Kier alpha value is -1.36. The van der Waals surface area contributed by atoms with Gasteiger partial charge >= 0.3 is 0 Å². The normalized spacial score (nSPS) is 33.7. The minimum atomic E-state index is -3.42. The van der Waals surface area contributed by atoms with Gasteiger partial charge in [-0.25, -0.2) is 8.42 Å². The summed E-state index contributed by atoms with van der Waals surface area (Å²) in [5, 5.41) is 0. The molecule has 1 aliphatic heterocycles. The first-order valence-electron chi connectivity index (χ1n) is 7.17. The maximum Gasteiger partial charge on any atom is 0.263 e. The lowest BCUT2D eigenvalue weighted by atomic mass is 9.80. The quantitative estimate of drug-likeness (QED) is 0.864. The van der Waals surface area contributed by atoms with E-state index in [-0.39, 0.29) is 6.04 Å². The van der Waals surface area contributed by atoms with E-state index in [0.717, 1.165) is 12.8 Å². The predicted molar refractivity (Wildman–Crippen MR) is 79.3 cm³/mol. The van der Waals surface area contributed by atoms with Crippen molar-refractivity contribution in [3.8, 4) is 0 Å². The molecule has 3 atom stereocenters. The van der Waals surface area contributed by atoms with Gasteiger partial charge in [0, 0.05) is 5.56 Å². The molecule has 0 aromatic heterocycles. The number of sulfonamides is 1. The zero-order valence-electron chi connectivity index (χ0n) is 11.8. The predicted octanol–water partition coefficient (Wildman–Crippen LogP) is 2.55. The van der Waals surface area contributed by atoms with Gasteiger partial charge in [0.15, 0.2) is 0 Å². The van der Waals surface area contributed by atoms with Gasteiger partial charge in [-0.15, -0.1) is 0 Å². The van der Waals surface area contributed by atoms with Gasteiger partial charge in [-0.1, -0.05) is 32.4 Å². The first kappa shape index (κ1) is 13.6. The molecule has 0 radical (unpaired) electrons. The van der Waals surface area contributed by atoms with Crippen LogP contribution in [0.2, 0.25) is 0 Å². The van der Waals surface area contributed by atoms with Crippen molar-refractivity contribution in [3.63, 3.8) is 0 Å². The maximum absolute atomic E-state index is 12.1. The van der Waals surface area contributed by atoms with Gasteiger partial charge in [0.05, 0.1) is 10.9 Å². The third-order valence-corrected chi connectivity index (χ3v) is 5.77. The molecule has 5 heteroatoms. The fourth-order valence-corrected chi connectivity index (χ4v) is 4.32. The number of hydrogen-bond donors (Lipinski definition) is 1. The Morgan fingerprint density at radius 1 is 1.20 bits per heavy atom. The summed E-state index contributed by atoms with van der Waals surface area (Å²) in [4.78, 5) is 5.07. The van der Waals surface area contributed by atoms with E-state index in [1.807, 2.05) is 12.1 Å². The standard InChI is InChI=1S/C15H20N2O2S/c1-10-7-8-11(2)13(9-10)16-15-12-5-3-4-6-14(12)20(18,19)17-15/h3-6,10-11,13H,7-9H2,1-2H3,(H,16,17)/t10-,11+,13-/m1/s1. The Morgan fingerprint density at radius 3 is 2.75 bits per heavy atom. The molecule has 1 aliphatic carbocycles. The van der Waals surface area contributed by atoms with Gasteiger partial charge in [0.25, 0.3) is 10.0 Å². The van der Waals surface area contributed by atoms with E-state index in [4.69, 9.17) is 4.99 Å². The zero-order valence-corrected chi connectivity index (χ0v) is 12.7. The molecular formula is C15H20N2O2S. The lowest BCUT2D eigenvalue weighted by Gasteiger charge is -2.30. The van der Waals surface area contributed by atoms with Gasteiger partial charge < -0.3 is 0 Å². The van der Waals surface area contributed by atoms with Crippen molar-refractivity contribution in [2.45, 2.75) is 44.0 Å². The second-order valence-corrected chi connectivity index (χ2v) is 7.69. The Labute approximate surface area is 120 Å². The number of amidine groups is 1. The maximum atomic E-state index is 12.1. The van der Waals surface area contributed by atoms with Crippen LogP contribution in [0.15, 0.2) is 34.2 Å². The number of nitrogens with one attached hydrogen (secondary N) is 1. The topological polar surface area (TPSA) is 58.5 Å². The Morgan fingerprint density at radius 2 is 1.95 bits per heavy atom. The summed E-state index contributed by atoms with van der Waals surface area (Å²) in [5.74, 6) is 1.69. The summed E-state index contributed by atoms with van der Waals surface area (Å²) in [6.45, 7) is 4.45. The highest BCUT2D eigenvalue weighted by Crippen LogP contribution is 2.32. The van der Waals surface area contributed by atoms with Crippen LogP contribution in [-0.2, 0) is 10.0 Å². The zero-order chi connectivity index (χ0) is 14.3. The van der Waals surface area contributed by atoms with Crippen LogP contribution in [0.3, 0.4) is 0 Å². The highest BCUT2D eigenvalue weighted by Gasteiger charge is 2.32. The molecule has 1 aromatic carbocycles. The average molecular weight is 292 g/mol. The lowest BCUT2D eigenvalue weighted by molar-refractivity contribution is 0.267. The van der Waals surface area contributed by atoms with Crippen LogP contribution in [-0.4, -0.2) is 20.3 Å². The van der Waals surface area contributed by atoms with Gasteiger partial charge in [-0.05, 0) is 36.8 Å². The monoisotopic (exact) mass is 292 g/mol. The molecule has 0 saturated heterocycles. The highest BCUT2D eigenvalue weighted by molar-refractivity contribution is 7.90. The molecule has 0 unspecified atom stereocenters. The molecule has 1 saturated carbocycles. The average Bonchev–Trinajstić information content (AvgIpc) is 2.66. The van der Waals surface area contributed by atoms with Gasteiger partial charge in [-0.2, -0.15) is 0 Å². The molecule has 1 heterocycles. The van der Waals surface area contributed by atoms with E-state index >= 15 is 0 Å². The summed E-state index contributed by atoms with van der Waals surface area (Å²) in [6.07, 6.45) is 3.44. The van der Waals surface area contributed by atoms with E-state index in [2.05, 4.69) is 18.6 Å². The van der Waals surface area contributed by atoms with E-state index in [1.54, 1.807) is 12.1 Å². The van der Waals surface area contributed by atoms with Gasteiger partial charge in [0.2, 0.25) is 0 Å². The Bertz CT molecular complexity index is 652. The number of benzene rings is 1. The van der Waals surface area contributed by atoms with E-state index in [9.17, 15) is 8.42 Å². The van der Waals surface area contributed by atoms with Crippen molar-refractivity contribution in [1.82, 2.24) is 4.72 Å². The molecule has 20 heavy (non-hydrogen) atoms. The smallest absolute Gasteiger partial charge is 0.263 e. The van der Waals surface area contributed by atoms with Gasteiger partial charge in [0.1, 0.15) is 5.84 Å². The second kappa shape index (κ2) is 4.88. The van der Waals surface area contributed by atoms with Crippen LogP contribution in [0.5, 0.6) is 0 Å². The van der Waals surface area contributed by atoms with E-state index < -0.39 is 10.0 Å². The van der Waals surface area contributed by atoms with Crippen LogP contribution < -0.4 is 4.72 Å². The van der Waals surface area contributed by atoms with Crippen LogP contribution in [0.4, 0.5) is 0 Å². The minimum Gasteiger partial charge on any atom is -0.264 e. The van der Waals surface area contributed by atoms with Gasteiger partial charge in [-0.3, -0.25) is 9.71 Å². The summed E-state index contributed by atoms with van der Waals surface area (Å²) >= 11 is 0. The van der Waals surface area contributed by atoms with Crippen LogP contribution in [0, 0.1) is 11.8 Å². The molecule has 2 aliphatic rings. The molecule has 0 spiro atoms. The summed E-state index contributed by atoms with van der Waals surface area (Å²) in [7, 11) is -3.42. The van der Waals surface area contributed by atoms with Crippen molar-refractivity contribution in [1.29, 1.82) is 0 Å². The molecule has 3 rings (SSSR count).